The first-order chi connectivity index (χ1) is 9.04. The predicted molar refractivity (Wildman–Crippen MR) is 72.7 cm³/mol. The van der Waals surface area contributed by atoms with Crippen LogP contribution in [0.2, 0.25) is 0 Å². The first-order valence-corrected chi connectivity index (χ1v) is 6.53. The normalized spacial score (nSPS) is 11.1. The van der Waals surface area contributed by atoms with Crippen molar-refractivity contribution in [1.82, 2.24) is 14.6 Å². The van der Waals surface area contributed by atoms with Gasteiger partial charge in [-0.25, -0.2) is 14.3 Å². The number of nitrogens with zero attached hydrogens (tertiary/aromatic N) is 3. The van der Waals surface area contributed by atoms with Gasteiger partial charge in [0, 0.05) is 5.56 Å². The first kappa shape index (κ1) is 11.9. The molecule has 5 nitrogen and oxygen atoms in total. The standard InChI is InChI=1S/C13H11N3O2S/c1-7-3-4-8(2)9(5-7)10-6-16-13(14-10)19-11(15-16)12(17)18/h3-6H,1-2H3,(H,17,18). The van der Waals surface area contributed by atoms with Gasteiger partial charge in [0.1, 0.15) is 0 Å². The molecule has 3 rings (SSSR count). The fourth-order valence-corrected chi connectivity index (χ4v) is 2.65. The molecule has 2 heterocycles. The summed E-state index contributed by atoms with van der Waals surface area (Å²) in [4.78, 5) is 15.9. The molecule has 3 aromatic rings. The highest BCUT2D eigenvalue weighted by atomic mass is 32.1. The molecule has 1 aromatic carbocycles. The minimum absolute atomic E-state index is 0.0509. The molecule has 0 aliphatic carbocycles. The van der Waals surface area contributed by atoms with E-state index in [0.717, 1.165) is 33.7 Å². The van der Waals surface area contributed by atoms with Crippen molar-refractivity contribution >= 4 is 22.3 Å². The minimum Gasteiger partial charge on any atom is -0.476 e. The zero-order valence-electron chi connectivity index (χ0n) is 10.4. The topological polar surface area (TPSA) is 67.5 Å². The van der Waals surface area contributed by atoms with Crippen molar-refractivity contribution < 1.29 is 9.90 Å². The van der Waals surface area contributed by atoms with Crippen LogP contribution >= 0.6 is 11.3 Å². The maximum Gasteiger partial charge on any atom is 0.367 e. The Bertz CT molecular complexity index is 757. The number of carboxylic acid groups (broad SMARTS) is 1. The summed E-state index contributed by atoms with van der Waals surface area (Å²) in [6, 6.07) is 6.17. The van der Waals surface area contributed by atoms with E-state index in [4.69, 9.17) is 5.11 Å². The highest BCUT2D eigenvalue weighted by molar-refractivity contribution is 7.18. The van der Waals surface area contributed by atoms with Gasteiger partial charge in [-0.1, -0.05) is 29.0 Å². The fourth-order valence-electron chi connectivity index (χ4n) is 1.93. The van der Waals surface area contributed by atoms with E-state index >= 15 is 0 Å². The van der Waals surface area contributed by atoms with Crippen LogP contribution in [0.25, 0.3) is 16.2 Å². The second kappa shape index (κ2) is 4.17. The third-order valence-corrected chi connectivity index (χ3v) is 3.81. The van der Waals surface area contributed by atoms with Crippen molar-refractivity contribution in [2.75, 3.05) is 0 Å². The number of imidazole rings is 1. The summed E-state index contributed by atoms with van der Waals surface area (Å²) >= 11 is 1.07. The maximum absolute atomic E-state index is 10.8. The zero-order valence-corrected chi connectivity index (χ0v) is 11.2. The number of hydrogen-bond acceptors (Lipinski definition) is 4. The van der Waals surface area contributed by atoms with Gasteiger partial charge < -0.3 is 5.11 Å². The van der Waals surface area contributed by atoms with Crippen LogP contribution in [0, 0.1) is 13.8 Å². The molecular formula is C13H11N3O2S. The van der Waals surface area contributed by atoms with Gasteiger partial charge in [0.15, 0.2) is 0 Å². The Balaban J connectivity index is 2.13. The van der Waals surface area contributed by atoms with E-state index in [1.54, 1.807) is 6.20 Å². The van der Waals surface area contributed by atoms with Crippen molar-refractivity contribution in [1.29, 1.82) is 0 Å². The van der Waals surface area contributed by atoms with Crippen LogP contribution < -0.4 is 0 Å². The largest absolute Gasteiger partial charge is 0.476 e. The second-order valence-electron chi connectivity index (χ2n) is 4.38. The Morgan fingerprint density at radius 3 is 2.84 bits per heavy atom. The smallest absolute Gasteiger partial charge is 0.367 e. The quantitative estimate of drug-likeness (QED) is 0.779. The molecule has 0 aliphatic rings. The summed E-state index contributed by atoms with van der Waals surface area (Å²) in [5.74, 6) is -1.02. The average Bonchev–Trinajstić information content (AvgIpc) is 2.89. The van der Waals surface area contributed by atoms with Gasteiger partial charge in [0.25, 0.3) is 0 Å². The van der Waals surface area contributed by atoms with Gasteiger partial charge in [-0.2, -0.15) is 0 Å². The lowest BCUT2D eigenvalue weighted by Gasteiger charge is -2.03. The molecule has 0 fully saturated rings. The molecule has 6 heteroatoms. The molecule has 0 unspecified atom stereocenters. The van der Waals surface area contributed by atoms with Crippen LogP contribution in [0.15, 0.2) is 24.4 Å². The number of hydrogen-bond donors (Lipinski definition) is 1. The number of rotatable bonds is 2. The van der Waals surface area contributed by atoms with E-state index in [0.29, 0.717) is 4.96 Å². The summed E-state index contributed by atoms with van der Waals surface area (Å²) in [7, 11) is 0. The zero-order chi connectivity index (χ0) is 13.6. The summed E-state index contributed by atoms with van der Waals surface area (Å²) in [5, 5.41) is 12.9. The molecule has 0 saturated heterocycles. The highest BCUT2D eigenvalue weighted by Gasteiger charge is 2.14. The third-order valence-electron chi connectivity index (χ3n) is 2.90. The Morgan fingerprint density at radius 1 is 1.37 bits per heavy atom. The second-order valence-corrected chi connectivity index (χ2v) is 5.34. The van der Waals surface area contributed by atoms with Gasteiger partial charge in [-0.15, -0.1) is 5.10 Å². The Hall–Kier alpha value is -2.21. The van der Waals surface area contributed by atoms with Gasteiger partial charge in [0.2, 0.25) is 9.97 Å². The molecule has 0 aliphatic heterocycles. The van der Waals surface area contributed by atoms with E-state index in [-0.39, 0.29) is 5.01 Å². The number of carbonyl (C=O) groups is 1. The molecule has 19 heavy (non-hydrogen) atoms. The molecule has 0 bridgehead atoms. The number of benzene rings is 1. The van der Waals surface area contributed by atoms with Gasteiger partial charge in [0.05, 0.1) is 11.9 Å². The molecule has 96 valence electrons. The number of aryl methyl sites for hydroxylation is 2. The molecule has 0 radical (unpaired) electrons. The van der Waals surface area contributed by atoms with Crippen LogP contribution in [0.5, 0.6) is 0 Å². The molecule has 2 aromatic heterocycles. The monoisotopic (exact) mass is 273 g/mol. The maximum atomic E-state index is 10.8. The van der Waals surface area contributed by atoms with Gasteiger partial charge in [-0.3, -0.25) is 0 Å². The van der Waals surface area contributed by atoms with Crippen LogP contribution in [0.4, 0.5) is 0 Å². The lowest BCUT2D eigenvalue weighted by atomic mass is 10.0. The lowest BCUT2D eigenvalue weighted by Crippen LogP contribution is -1.95. The molecule has 1 N–H and O–H groups in total. The first-order valence-electron chi connectivity index (χ1n) is 5.72. The van der Waals surface area contributed by atoms with E-state index in [1.165, 1.54) is 4.52 Å². The molecular weight excluding hydrogens is 262 g/mol. The Kier molecular flexibility index (Phi) is 2.60. The average molecular weight is 273 g/mol. The Labute approximate surface area is 113 Å². The summed E-state index contributed by atoms with van der Waals surface area (Å²) < 4.78 is 1.52. The van der Waals surface area contributed by atoms with Crippen LogP contribution in [0.3, 0.4) is 0 Å². The minimum atomic E-state index is -1.02. The van der Waals surface area contributed by atoms with E-state index in [1.807, 2.05) is 19.9 Å². The van der Waals surface area contributed by atoms with Crippen molar-refractivity contribution in [3.8, 4) is 11.3 Å². The van der Waals surface area contributed by atoms with Crippen molar-refractivity contribution in [2.45, 2.75) is 13.8 Å². The molecule has 0 atom stereocenters. The number of carboxylic acids is 1. The molecule has 0 spiro atoms. The highest BCUT2D eigenvalue weighted by Crippen LogP contribution is 2.25. The SMILES string of the molecule is Cc1ccc(C)c(-c2cn3nc(C(=O)O)sc3n2)c1. The van der Waals surface area contributed by atoms with Gasteiger partial charge >= 0.3 is 5.97 Å². The number of fused-ring (bicyclic) bond motifs is 1. The van der Waals surface area contributed by atoms with Crippen LogP contribution in [-0.2, 0) is 0 Å². The van der Waals surface area contributed by atoms with Crippen molar-refractivity contribution in [3.63, 3.8) is 0 Å². The fraction of sp³-hybridized carbons (Fsp3) is 0.154. The number of aromatic nitrogens is 3. The summed E-state index contributed by atoms with van der Waals surface area (Å²) in [5.41, 5.74) is 4.16. The van der Waals surface area contributed by atoms with E-state index < -0.39 is 5.97 Å². The summed E-state index contributed by atoms with van der Waals surface area (Å²) in [6.07, 6.45) is 1.76. The Morgan fingerprint density at radius 2 is 2.16 bits per heavy atom. The van der Waals surface area contributed by atoms with Crippen LogP contribution in [-0.4, -0.2) is 25.7 Å². The number of aromatic carboxylic acids is 1. The third kappa shape index (κ3) is 2.00. The molecule has 0 saturated carbocycles. The summed E-state index contributed by atoms with van der Waals surface area (Å²) in [6.45, 7) is 4.06. The predicted octanol–water partition coefficient (Wildman–Crippen LogP) is 2.77. The van der Waals surface area contributed by atoms with Crippen molar-refractivity contribution in [2.24, 2.45) is 0 Å². The van der Waals surface area contributed by atoms with E-state index in [9.17, 15) is 4.79 Å². The lowest BCUT2D eigenvalue weighted by molar-refractivity contribution is 0.0695. The molecule has 0 amide bonds. The van der Waals surface area contributed by atoms with E-state index in [2.05, 4.69) is 22.2 Å². The van der Waals surface area contributed by atoms with Crippen LogP contribution in [0.1, 0.15) is 20.9 Å². The van der Waals surface area contributed by atoms with Gasteiger partial charge in [-0.05, 0) is 25.5 Å². The van der Waals surface area contributed by atoms with Crippen molar-refractivity contribution in [3.05, 3.63) is 40.5 Å².